The number of ether oxygens (including phenoxy) is 3. The molecule has 0 aliphatic heterocycles. The van der Waals surface area contributed by atoms with E-state index in [1.54, 1.807) is 70.9 Å². The number of rotatable bonds is 6. The van der Waals surface area contributed by atoms with Crippen LogP contribution in [0.1, 0.15) is 17.3 Å². The van der Waals surface area contributed by atoms with Crippen LogP contribution in [0.5, 0.6) is 17.2 Å². The maximum atomic E-state index is 12.4. The summed E-state index contributed by atoms with van der Waals surface area (Å²) in [5.74, 6) is 1.49. The van der Waals surface area contributed by atoms with Gasteiger partial charge in [-0.15, -0.1) is 0 Å². The zero-order valence-corrected chi connectivity index (χ0v) is 14.1. The summed E-state index contributed by atoms with van der Waals surface area (Å²) in [4.78, 5) is 16.7. The van der Waals surface area contributed by atoms with Crippen LogP contribution in [-0.4, -0.2) is 33.5 Å². The summed E-state index contributed by atoms with van der Waals surface area (Å²) in [6.45, 7) is 1.80. The zero-order valence-electron chi connectivity index (χ0n) is 14.1. The second-order valence-electron chi connectivity index (χ2n) is 4.80. The lowest BCUT2D eigenvalue weighted by atomic mass is 10.1. The molecular weight excluding hydrogens is 308 g/mol. The van der Waals surface area contributed by atoms with Crippen LogP contribution in [0.3, 0.4) is 0 Å². The van der Waals surface area contributed by atoms with Crippen molar-refractivity contribution in [3.05, 3.63) is 42.0 Å². The lowest BCUT2D eigenvalue weighted by Crippen LogP contribution is -2.12. The molecule has 0 heterocycles. The van der Waals surface area contributed by atoms with E-state index in [4.69, 9.17) is 14.2 Å². The van der Waals surface area contributed by atoms with Crippen LogP contribution in [0.15, 0.2) is 41.4 Å². The number of hydrogen-bond donors (Lipinski definition) is 1. The van der Waals surface area contributed by atoms with Gasteiger partial charge in [0.05, 0.1) is 21.3 Å². The third kappa shape index (κ3) is 3.84. The molecular formula is C18H20N2O4. The second kappa shape index (κ2) is 8.01. The second-order valence-corrected chi connectivity index (χ2v) is 4.80. The summed E-state index contributed by atoms with van der Waals surface area (Å²) >= 11 is 0. The first-order valence-electron chi connectivity index (χ1n) is 7.33. The van der Waals surface area contributed by atoms with Crippen molar-refractivity contribution in [3.63, 3.8) is 0 Å². The Balaban J connectivity index is 2.25. The van der Waals surface area contributed by atoms with Gasteiger partial charge in [0.2, 0.25) is 0 Å². The summed E-state index contributed by atoms with van der Waals surface area (Å²) in [5, 5.41) is 2.82. The molecule has 0 bridgehead atoms. The van der Waals surface area contributed by atoms with E-state index in [-0.39, 0.29) is 5.91 Å². The highest BCUT2D eigenvalue weighted by molar-refractivity contribution is 6.05. The van der Waals surface area contributed by atoms with Crippen LogP contribution in [0.25, 0.3) is 0 Å². The van der Waals surface area contributed by atoms with Crippen LogP contribution in [0, 0.1) is 0 Å². The van der Waals surface area contributed by atoms with E-state index < -0.39 is 0 Å². The highest BCUT2D eigenvalue weighted by atomic mass is 16.5. The Morgan fingerprint density at radius 2 is 1.62 bits per heavy atom. The van der Waals surface area contributed by atoms with Gasteiger partial charge in [0, 0.05) is 23.5 Å². The molecule has 0 fully saturated rings. The Hall–Kier alpha value is -3.02. The average Bonchev–Trinajstić information content (AvgIpc) is 2.61. The van der Waals surface area contributed by atoms with Crippen molar-refractivity contribution in [1.82, 2.24) is 0 Å². The number of nitrogens with one attached hydrogen (secondary N) is 1. The van der Waals surface area contributed by atoms with Crippen LogP contribution in [0.4, 0.5) is 11.4 Å². The number of methoxy groups -OCH3 is 3. The standard InChI is InChI=1S/C18H20N2O4/c1-5-19-14-10-12(6-8-15(14)22-2)18(21)20-13-7-9-16(23-3)17(11-13)24-4/h5-11H,1-4H3,(H,20,21)/b19-5+. The van der Waals surface area contributed by atoms with Crippen LogP contribution >= 0.6 is 0 Å². The minimum Gasteiger partial charge on any atom is -0.494 e. The average molecular weight is 328 g/mol. The van der Waals surface area contributed by atoms with Gasteiger partial charge in [0.15, 0.2) is 11.5 Å². The Kier molecular flexibility index (Phi) is 5.78. The predicted molar refractivity (Wildman–Crippen MR) is 94.3 cm³/mol. The van der Waals surface area contributed by atoms with Gasteiger partial charge in [0.1, 0.15) is 11.4 Å². The number of carbonyl (C=O) groups excluding carboxylic acids is 1. The smallest absolute Gasteiger partial charge is 0.255 e. The summed E-state index contributed by atoms with van der Waals surface area (Å²) < 4.78 is 15.6. The third-order valence-electron chi connectivity index (χ3n) is 3.35. The summed E-state index contributed by atoms with van der Waals surface area (Å²) in [6, 6.07) is 10.2. The molecule has 0 aromatic heterocycles. The normalized spacial score (nSPS) is 10.5. The molecule has 126 valence electrons. The lowest BCUT2D eigenvalue weighted by molar-refractivity contribution is 0.102. The molecule has 1 amide bonds. The molecule has 0 aliphatic rings. The zero-order chi connectivity index (χ0) is 17.5. The maximum absolute atomic E-state index is 12.4. The van der Waals surface area contributed by atoms with E-state index in [1.165, 1.54) is 0 Å². The van der Waals surface area contributed by atoms with Crippen molar-refractivity contribution in [1.29, 1.82) is 0 Å². The molecule has 2 aromatic carbocycles. The predicted octanol–water partition coefficient (Wildman–Crippen LogP) is 3.69. The van der Waals surface area contributed by atoms with Crippen molar-refractivity contribution in [3.8, 4) is 17.2 Å². The number of amides is 1. The number of benzene rings is 2. The van der Waals surface area contributed by atoms with Crippen molar-refractivity contribution in [2.45, 2.75) is 6.92 Å². The van der Waals surface area contributed by atoms with Gasteiger partial charge in [-0.1, -0.05) is 0 Å². The molecule has 0 saturated carbocycles. The number of carbonyl (C=O) groups is 1. The first-order chi connectivity index (χ1) is 11.6. The summed E-state index contributed by atoms with van der Waals surface area (Å²) in [5.41, 5.74) is 1.68. The molecule has 0 spiro atoms. The Morgan fingerprint density at radius 3 is 2.25 bits per heavy atom. The van der Waals surface area contributed by atoms with Crippen molar-refractivity contribution in [2.75, 3.05) is 26.6 Å². The molecule has 0 atom stereocenters. The Bertz CT molecular complexity index is 757. The molecule has 0 saturated heterocycles. The van der Waals surface area contributed by atoms with E-state index in [0.717, 1.165) is 0 Å². The molecule has 6 heteroatoms. The van der Waals surface area contributed by atoms with Gasteiger partial charge in [-0.05, 0) is 37.3 Å². The maximum Gasteiger partial charge on any atom is 0.255 e. The van der Waals surface area contributed by atoms with E-state index in [9.17, 15) is 4.79 Å². The summed E-state index contributed by atoms with van der Waals surface area (Å²) in [7, 11) is 4.67. The molecule has 2 rings (SSSR count). The first kappa shape index (κ1) is 17.3. The van der Waals surface area contributed by atoms with Gasteiger partial charge in [-0.25, -0.2) is 0 Å². The molecule has 0 aliphatic carbocycles. The van der Waals surface area contributed by atoms with Crippen LogP contribution in [-0.2, 0) is 0 Å². The molecule has 0 unspecified atom stereocenters. The van der Waals surface area contributed by atoms with Crippen LogP contribution < -0.4 is 19.5 Å². The fourth-order valence-electron chi connectivity index (χ4n) is 2.19. The van der Waals surface area contributed by atoms with E-state index >= 15 is 0 Å². The quantitative estimate of drug-likeness (QED) is 0.821. The van der Waals surface area contributed by atoms with Gasteiger partial charge in [0.25, 0.3) is 5.91 Å². The highest BCUT2D eigenvalue weighted by Crippen LogP contribution is 2.31. The molecule has 0 radical (unpaired) electrons. The first-order valence-corrected chi connectivity index (χ1v) is 7.33. The van der Waals surface area contributed by atoms with Gasteiger partial charge in [-0.3, -0.25) is 9.79 Å². The molecule has 2 aromatic rings. The minimum absolute atomic E-state index is 0.252. The van der Waals surface area contributed by atoms with Gasteiger partial charge < -0.3 is 19.5 Å². The van der Waals surface area contributed by atoms with Gasteiger partial charge >= 0.3 is 0 Å². The number of anilines is 1. The summed E-state index contributed by atoms with van der Waals surface area (Å²) in [6.07, 6.45) is 1.65. The lowest BCUT2D eigenvalue weighted by Gasteiger charge is -2.11. The number of hydrogen-bond acceptors (Lipinski definition) is 5. The minimum atomic E-state index is -0.252. The van der Waals surface area contributed by atoms with Crippen molar-refractivity contribution >= 4 is 23.5 Å². The molecule has 6 nitrogen and oxygen atoms in total. The van der Waals surface area contributed by atoms with E-state index in [0.29, 0.717) is 34.2 Å². The molecule has 1 N–H and O–H groups in total. The van der Waals surface area contributed by atoms with E-state index in [1.807, 2.05) is 0 Å². The monoisotopic (exact) mass is 328 g/mol. The fourth-order valence-corrected chi connectivity index (χ4v) is 2.19. The van der Waals surface area contributed by atoms with Crippen molar-refractivity contribution < 1.29 is 19.0 Å². The highest BCUT2D eigenvalue weighted by Gasteiger charge is 2.11. The Morgan fingerprint density at radius 1 is 0.958 bits per heavy atom. The number of nitrogens with zero attached hydrogens (tertiary/aromatic N) is 1. The van der Waals surface area contributed by atoms with Crippen LogP contribution in [0.2, 0.25) is 0 Å². The topological polar surface area (TPSA) is 69.2 Å². The third-order valence-corrected chi connectivity index (χ3v) is 3.35. The van der Waals surface area contributed by atoms with E-state index in [2.05, 4.69) is 10.3 Å². The Labute approximate surface area is 141 Å². The SMILES string of the molecule is C/C=N/c1cc(C(=O)Nc2ccc(OC)c(OC)c2)ccc1OC. The van der Waals surface area contributed by atoms with Gasteiger partial charge in [-0.2, -0.15) is 0 Å². The fraction of sp³-hybridized carbons (Fsp3) is 0.222. The largest absolute Gasteiger partial charge is 0.494 e. The van der Waals surface area contributed by atoms with Crippen molar-refractivity contribution in [2.24, 2.45) is 4.99 Å². The number of aliphatic imine (C=N–C) groups is 1. The molecule has 24 heavy (non-hydrogen) atoms.